The summed E-state index contributed by atoms with van der Waals surface area (Å²) in [6.45, 7) is 1.53. The monoisotopic (exact) mass is 377 g/mol. The van der Waals surface area contributed by atoms with E-state index in [1.807, 2.05) is 48.5 Å². The van der Waals surface area contributed by atoms with Gasteiger partial charge < -0.3 is 4.74 Å². The molecule has 0 saturated carbocycles. The van der Waals surface area contributed by atoms with E-state index in [9.17, 15) is 9.59 Å². The minimum absolute atomic E-state index is 0.177. The molecule has 0 unspecified atom stereocenters. The Morgan fingerprint density at radius 2 is 1.85 bits per heavy atom. The zero-order valence-electron chi connectivity index (χ0n) is 15.0. The lowest BCUT2D eigenvalue weighted by Crippen LogP contribution is -2.14. The van der Waals surface area contributed by atoms with Gasteiger partial charge in [-0.1, -0.05) is 42.5 Å². The number of carbonyl (C=O) groups is 2. The van der Waals surface area contributed by atoms with Crippen LogP contribution in [-0.2, 0) is 17.6 Å². The first kappa shape index (κ1) is 17.6. The molecule has 0 amide bonds. The van der Waals surface area contributed by atoms with Crippen molar-refractivity contribution < 1.29 is 14.3 Å². The molecule has 4 nitrogen and oxygen atoms in total. The van der Waals surface area contributed by atoms with Gasteiger partial charge in [-0.3, -0.25) is 4.79 Å². The first-order valence-electron chi connectivity index (χ1n) is 8.97. The third-order valence-corrected chi connectivity index (χ3v) is 5.94. The number of aromatic nitrogens is 1. The first-order valence-corrected chi connectivity index (χ1v) is 9.78. The van der Waals surface area contributed by atoms with Crippen LogP contribution in [0.15, 0.2) is 48.5 Å². The number of Topliss-reactive ketones (excluding diaryl/α,β-unsaturated/α-hetero) is 1. The Morgan fingerprint density at radius 1 is 1.07 bits per heavy atom. The van der Waals surface area contributed by atoms with Gasteiger partial charge in [-0.15, -0.1) is 11.3 Å². The number of nitrogens with zero attached hydrogens (tertiary/aromatic N) is 1. The van der Waals surface area contributed by atoms with E-state index in [4.69, 9.17) is 4.74 Å². The number of hydrogen-bond acceptors (Lipinski definition) is 5. The number of ether oxygens (including phenoxy) is 1. The lowest BCUT2D eigenvalue weighted by molar-refractivity contribution is 0.0478. The van der Waals surface area contributed by atoms with Crippen molar-refractivity contribution in [2.75, 3.05) is 6.61 Å². The first-order chi connectivity index (χ1) is 13.1. The molecule has 1 heterocycles. The van der Waals surface area contributed by atoms with Crippen LogP contribution in [0, 0.1) is 6.92 Å². The molecule has 1 aliphatic carbocycles. The van der Waals surface area contributed by atoms with Crippen molar-refractivity contribution in [2.45, 2.75) is 26.2 Å². The molecule has 4 rings (SSSR count). The number of thiazole rings is 1. The second kappa shape index (κ2) is 7.45. The molecule has 1 aromatic heterocycles. The van der Waals surface area contributed by atoms with Crippen molar-refractivity contribution in [3.8, 4) is 10.6 Å². The van der Waals surface area contributed by atoms with Crippen molar-refractivity contribution >= 4 is 23.1 Å². The topological polar surface area (TPSA) is 56.3 Å². The van der Waals surface area contributed by atoms with Crippen molar-refractivity contribution in [3.63, 3.8) is 0 Å². The normalized spacial score (nSPS) is 12.6. The van der Waals surface area contributed by atoms with Crippen LogP contribution >= 0.6 is 11.3 Å². The fraction of sp³-hybridized carbons (Fsp3) is 0.227. The summed E-state index contributed by atoms with van der Waals surface area (Å²) < 4.78 is 5.28. The Hall–Kier alpha value is -2.79. The van der Waals surface area contributed by atoms with Crippen molar-refractivity contribution in [2.24, 2.45) is 0 Å². The molecular formula is C22H19NO3S. The van der Waals surface area contributed by atoms with Crippen LogP contribution in [0.2, 0.25) is 0 Å². The summed E-state index contributed by atoms with van der Waals surface area (Å²) in [5.74, 6) is -0.676. The van der Waals surface area contributed by atoms with Crippen LogP contribution in [0.1, 0.15) is 43.3 Å². The molecule has 3 aromatic rings. The predicted molar refractivity (Wildman–Crippen MR) is 105 cm³/mol. The minimum Gasteiger partial charge on any atom is -0.453 e. The van der Waals surface area contributed by atoms with E-state index in [0.717, 1.165) is 29.8 Å². The van der Waals surface area contributed by atoms with Gasteiger partial charge in [0.15, 0.2) is 12.4 Å². The largest absolute Gasteiger partial charge is 0.453 e. The van der Waals surface area contributed by atoms with Gasteiger partial charge >= 0.3 is 5.97 Å². The molecule has 27 heavy (non-hydrogen) atoms. The number of ketones is 1. The number of aryl methyl sites for hydroxylation is 3. The smallest absolute Gasteiger partial charge is 0.350 e. The molecule has 0 saturated heterocycles. The highest BCUT2D eigenvalue weighted by molar-refractivity contribution is 7.17. The van der Waals surface area contributed by atoms with Crippen molar-refractivity contribution in [1.29, 1.82) is 0 Å². The lowest BCUT2D eigenvalue weighted by atomic mass is 10.0. The van der Waals surface area contributed by atoms with Gasteiger partial charge in [0, 0.05) is 11.1 Å². The molecule has 0 spiro atoms. The molecule has 0 aliphatic heterocycles. The van der Waals surface area contributed by atoms with Crippen LogP contribution in [0.3, 0.4) is 0 Å². The van der Waals surface area contributed by atoms with Crippen LogP contribution in [0.4, 0.5) is 0 Å². The Labute approximate surface area is 161 Å². The van der Waals surface area contributed by atoms with E-state index < -0.39 is 5.97 Å². The van der Waals surface area contributed by atoms with Crippen LogP contribution in [-0.4, -0.2) is 23.3 Å². The summed E-state index contributed by atoms with van der Waals surface area (Å²) in [7, 11) is 0. The zero-order valence-corrected chi connectivity index (χ0v) is 15.8. The van der Waals surface area contributed by atoms with Crippen LogP contribution in [0.5, 0.6) is 0 Å². The second-order valence-corrected chi connectivity index (χ2v) is 7.64. The molecule has 0 bridgehead atoms. The van der Waals surface area contributed by atoms with Crippen molar-refractivity contribution in [3.05, 3.63) is 75.8 Å². The van der Waals surface area contributed by atoms with E-state index in [0.29, 0.717) is 16.1 Å². The summed E-state index contributed by atoms with van der Waals surface area (Å²) >= 11 is 1.29. The SMILES string of the molecule is Cc1nc(-c2ccccc2)sc1C(=O)OCC(=O)c1ccc2c(c1)CCC2. The van der Waals surface area contributed by atoms with Crippen LogP contribution < -0.4 is 0 Å². The minimum atomic E-state index is -0.498. The molecule has 136 valence electrons. The maximum absolute atomic E-state index is 12.4. The summed E-state index contributed by atoms with van der Waals surface area (Å²) in [5.41, 5.74) is 4.73. The van der Waals surface area contributed by atoms with Gasteiger partial charge in [0.1, 0.15) is 9.88 Å². The van der Waals surface area contributed by atoms with Crippen LogP contribution in [0.25, 0.3) is 10.6 Å². The highest BCUT2D eigenvalue weighted by Gasteiger charge is 2.20. The van der Waals surface area contributed by atoms with Crippen molar-refractivity contribution in [1.82, 2.24) is 4.98 Å². The molecule has 5 heteroatoms. The molecule has 2 aromatic carbocycles. The lowest BCUT2D eigenvalue weighted by Gasteiger charge is -2.05. The van der Waals surface area contributed by atoms with Gasteiger partial charge in [0.2, 0.25) is 0 Å². The van der Waals surface area contributed by atoms with Gasteiger partial charge in [-0.2, -0.15) is 0 Å². The zero-order chi connectivity index (χ0) is 18.8. The van der Waals surface area contributed by atoms with E-state index in [2.05, 4.69) is 4.98 Å². The Kier molecular flexibility index (Phi) is 4.86. The average molecular weight is 377 g/mol. The summed E-state index contributed by atoms with van der Waals surface area (Å²) in [6, 6.07) is 15.5. The molecule has 0 atom stereocenters. The van der Waals surface area contributed by atoms with E-state index >= 15 is 0 Å². The molecular weight excluding hydrogens is 358 g/mol. The molecule has 0 N–H and O–H groups in total. The highest BCUT2D eigenvalue weighted by Crippen LogP contribution is 2.28. The molecule has 0 radical (unpaired) electrons. The van der Waals surface area contributed by atoms with Gasteiger partial charge in [0.05, 0.1) is 5.69 Å². The summed E-state index contributed by atoms with van der Waals surface area (Å²) in [5, 5.41) is 0.769. The van der Waals surface area contributed by atoms with Gasteiger partial charge in [-0.05, 0) is 43.4 Å². The second-order valence-electron chi connectivity index (χ2n) is 6.64. The highest BCUT2D eigenvalue weighted by atomic mass is 32.1. The average Bonchev–Trinajstić information content (AvgIpc) is 3.32. The maximum atomic E-state index is 12.4. The predicted octanol–water partition coefficient (Wildman–Crippen LogP) is 4.65. The number of esters is 1. The number of hydrogen-bond donors (Lipinski definition) is 0. The molecule has 0 fully saturated rings. The fourth-order valence-electron chi connectivity index (χ4n) is 3.32. The Morgan fingerprint density at radius 3 is 2.67 bits per heavy atom. The number of rotatable bonds is 5. The number of carbonyl (C=O) groups excluding carboxylic acids is 2. The number of fused-ring (bicyclic) bond motifs is 1. The fourth-order valence-corrected chi connectivity index (χ4v) is 4.28. The maximum Gasteiger partial charge on any atom is 0.350 e. The van der Waals surface area contributed by atoms with Gasteiger partial charge in [0.25, 0.3) is 0 Å². The third-order valence-electron chi connectivity index (χ3n) is 4.76. The van der Waals surface area contributed by atoms with E-state index in [-0.39, 0.29) is 12.4 Å². The van der Waals surface area contributed by atoms with Gasteiger partial charge in [-0.25, -0.2) is 9.78 Å². The standard InChI is InChI=1S/C22H19NO3S/c1-14-20(27-21(23-14)16-6-3-2-4-7-16)22(25)26-13-19(24)18-11-10-15-8-5-9-17(15)12-18/h2-4,6-7,10-12H,5,8-9,13H2,1H3. The Balaban J connectivity index is 1.44. The Bertz CT molecular complexity index is 1010. The summed E-state index contributed by atoms with van der Waals surface area (Å²) in [4.78, 5) is 29.7. The van der Waals surface area contributed by atoms with E-state index in [1.54, 1.807) is 6.92 Å². The van der Waals surface area contributed by atoms with E-state index in [1.165, 1.54) is 22.5 Å². The number of benzene rings is 2. The quantitative estimate of drug-likeness (QED) is 0.480. The molecule has 1 aliphatic rings. The third kappa shape index (κ3) is 3.69. The summed E-state index contributed by atoms with van der Waals surface area (Å²) in [6.07, 6.45) is 3.22.